The van der Waals surface area contributed by atoms with Crippen molar-refractivity contribution in [3.63, 3.8) is 0 Å². The summed E-state index contributed by atoms with van der Waals surface area (Å²) < 4.78 is 19.2. The van der Waals surface area contributed by atoms with Gasteiger partial charge in [-0.05, 0) is 37.3 Å². The molecule has 0 unspecified atom stereocenters. The lowest BCUT2D eigenvalue weighted by atomic mass is 10.1. The van der Waals surface area contributed by atoms with Gasteiger partial charge in [-0.2, -0.15) is 5.26 Å². The Morgan fingerprint density at radius 2 is 2.15 bits per heavy atom. The standard InChI is InChI=1S/C15H14FN3O/c1-10-2-5-15(14(8-18)19-10)20-9-12-6-11(7-17)3-4-13(12)16/h2-6H,8-9,18H2,1H3. The molecule has 2 rings (SSSR count). The predicted molar refractivity (Wildman–Crippen MR) is 72.3 cm³/mol. The van der Waals surface area contributed by atoms with Gasteiger partial charge in [0.25, 0.3) is 0 Å². The largest absolute Gasteiger partial charge is 0.487 e. The van der Waals surface area contributed by atoms with E-state index in [1.165, 1.54) is 18.2 Å². The number of hydrogen-bond acceptors (Lipinski definition) is 4. The summed E-state index contributed by atoms with van der Waals surface area (Å²) in [6, 6.07) is 9.69. The minimum Gasteiger partial charge on any atom is -0.487 e. The maximum absolute atomic E-state index is 13.6. The predicted octanol–water partition coefficient (Wildman–Crippen LogP) is 2.44. The SMILES string of the molecule is Cc1ccc(OCc2cc(C#N)ccc2F)c(CN)n1. The summed E-state index contributed by atoms with van der Waals surface area (Å²) in [5, 5.41) is 8.81. The molecule has 5 heteroatoms. The highest BCUT2D eigenvalue weighted by Gasteiger charge is 2.08. The van der Waals surface area contributed by atoms with Gasteiger partial charge in [0.2, 0.25) is 0 Å². The molecule has 0 aliphatic heterocycles. The van der Waals surface area contributed by atoms with Gasteiger partial charge in [-0.1, -0.05) is 0 Å². The van der Waals surface area contributed by atoms with Gasteiger partial charge in [0.1, 0.15) is 18.2 Å². The summed E-state index contributed by atoms with van der Waals surface area (Å²) >= 11 is 0. The van der Waals surface area contributed by atoms with Crippen molar-refractivity contribution in [1.82, 2.24) is 4.98 Å². The Balaban J connectivity index is 2.19. The van der Waals surface area contributed by atoms with Crippen LogP contribution < -0.4 is 10.5 Å². The van der Waals surface area contributed by atoms with E-state index in [2.05, 4.69) is 4.98 Å². The quantitative estimate of drug-likeness (QED) is 0.927. The first-order valence-corrected chi connectivity index (χ1v) is 6.12. The van der Waals surface area contributed by atoms with Crippen LogP contribution in [0.2, 0.25) is 0 Å². The number of aryl methyl sites for hydroxylation is 1. The van der Waals surface area contributed by atoms with Crippen molar-refractivity contribution >= 4 is 0 Å². The van der Waals surface area contributed by atoms with Crippen molar-refractivity contribution in [1.29, 1.82) is 5.26 Å². The number of benzene rings is 1. The molecule has 1 aromatic heterocycles. The molecule has 0 saturated heterocycles. The Kier molecular flexibility index (Phi) is 4.28. The van der Waals surface area contributed by atoms with Crippen molar-refractivity contribution in [2.75, 3.05) is 0 Å². The number of pyridine rings is 1. The van der Waals surface area contributed by atoms with Crippen molar-refractivity contribution in [3.05, 3.63) is 58.7 Å². The lowest BCUT2D eigenvalue weighted by Gasteiger charge is -2.11. The number of nitriles is 1. The molecule has 0 saturated carbocycles. The van der Waals surface area contributed by atoms with Gasteiger partial charge in [0.05, 0.1) is 17.3 Å². The molecule has 0 atom stereocenters. The van der Waals surface area contributed by atoms with Gasteiger partial charge in [-0.3, -0.25) is 4.98 Å². The molecule has 0 spiro atoms. The summed E-state index contributed by atoms with van der Waals surface area (Å²) in [5.74, 6) is 0.123. The van der Waals surface area contributed by atoms with E-state index in [0.717, 1.165) is 5.69 Å². The molecule has 2 N–H and O–H groups in total. The van der Waals surface area contributed by atoms with Crippen LogP contribution in [-0.4, -0.2) is 4.98 Å². The maximum Gasteiger partial charge on any atom is 0.142 e. The average molecular weight is 271 g/mol. The zero-order valence-electron chi connectivity index (χ0n) is 11.1. The molecule has 0 radical (unpaired) electrons. The first-order chi connectivity index (χ1) is 9.63. The lowest BCUT2D eigenvalue weighted by Crippen LogP contribution is -2.06. The number of rotatable bonds is 4. The van der Waals surface area contributed by atoms with Gasteiger partial charge < -0.3 is 10.5 Å². The first kappa shape index (κ1) is 14.0. The molecule has 0 aliphatic carbocycles. The summed E-state index contributed by atoms with van der Waals surface area (Å²) in [5.41, 5.74) is 7.80. The average Bonchev–Trinajstić information content (AvgIpc) is 2.47. The Morgan fingerprint density at radius 3 is 2.85 bits per heavy atom. The van der Waals surface area contributed by atoms with Crippen LogP contribution in [0.3, 0.4) is 0 Å². The van der Waals surface area contributed by atoms with Crippen molar-refractivity contribution in [2.24, 2.45) is 5.73 Å². The lowest BCUT2D eigenvalue weighted by molar-refractivity contribution is 0.295. The fraction of sp³-hybridized carbons (Fsp3) is 0.200. The van der Waals surface area contributed by atoms with Crippen LogP contribution in [0.25, 0.3) is 0 Å². The Morgan fingerprint density at radius 1 is 1.35 bits per heavy atom. The normalized spacial score (nSPS) is 10.1. The molecule has 0 bridgehead atoms. The highest BCUT2D eigenvalue weighted by Crippen LogP contribution is 2.19. The number of nitrogens with zero attached hydrogens (tertiary/aromatic N) is 2. The zero-order chi connectivity index (χ0) is 14.5. The van der Waals surface area contributed by atoms with E-state index in [-0.39, 0.29) is 13.2 Å². The van der Waals surface area contributed by atoms with Crippen LogP contribution in [0.4, 0.5) is 4.39 Å². The topological polar surface area (TPSA) is 71.9 Å². The van der Waals surface area contributed by atoms with Crippen LogP contribution in [0.1, 0.15) is 22.5 Å². The molecular weight excluding hydrogens is 257 g/mol. The van der Waals surface area contributed by atoms with Crippen molar-refractivity contribution in [3.8, 4) is 11.8 Å². The highest BCUT2D eigenvalue weighted by molar-refractivity contribution is 5.34. The zero-order valence-corrected chi connectivity index (χ0v) is 11.1. The maximum atomic E-state index is 13.6. The fourth-order valence-corrected chi connectivity index (χ4v) is 1.79. The van der Waals surface area contributed by atoms with Crippen LogP contribution >= 0.6 is 0 Å². The highest BCUT2D eigenvalue weighted by atomic mass is 19.1. The van der Waals surface area contributed by atoms with E-state index in [1.54, 1.807) is 12.1 Å². The minimum absolute atomic E-state index is 0.0269. The fourth-order valence-electron chi connectivity index (χ4n) is 1.79. The molecule has 4 nitrogen and oxygen atoms in total. The van der Waals surface area contributed by atoms with Crippen LogP contribution in [0, 0.1) is 24.1 Å². The molecule has 1 aromatic carbocycles. The molecule has 20 heavy (non-hydrogen) atoms. The van der Waals surface area contributed by atoms with Gasteiger partial charge in [0, 0.05) is 17.8 Å². The Bertz CT molecular complexity index is 665. The molecule has 0 amide bonds. The van der Waals surface area contributed by atoms with E-state index in [9.17, 15) is 4.39 Å². The molecule has 2 aromatic rings. The van der Waals surface area contributed by atoms with Crippen LogP contribution in [0.15, 0.2) is 30.3 Å². The van der Waals surface area contributed by atoms with Crippen molar-refractivity contribution < 1.29 is 9.13 Å². The summed E-state index contributed by atoms with van der Waals surface area (Å²) in [4.78, 5) is 4.26. The second-order valence-corrected chi connectivity index (χ2v) is 4.31. The third kappa shape index (κ3) is 3.11. The second kappa shape index (κ2) is 6.13. The Labute approximate surface area is 116 Å². The number of ether oxygens (including phenoxy) is 1. The van der Waals surface area contributed by atoms with Gasteiger partial charge in [-0.25, -0.2) is 4.39 Å². The summed E-state index contributed by atoms with van der Waals surface area (Å²) in [7, 11) is 0. The van der Waals surface area contributed by atoms with E-state index < -0.39 is 5.82 Å². The molecule has 102 valence electrons. The van der Waals surface area contributed by atoms with Gasteiger partial charge >= 0.3 is 0 Å². The number of hydrogen-bond donors (Lipinski definition) is 1. The summed E-state index contributed by atoms with van der Waals surface area (Å²) in [6.07, 6.45) is 0. The van der Waals surface area contributed by atoms with E-state index in [4.69, 9.17) is 15.7 Å². The van der Waals surface area contributed by atoms with Gasteiger partial charge in [0.15, 0.2) is 0 Å². The van der Waals surface area contributed by atoms with E-state index in [1.807, 2.05) is 13.0 Å². The van der Waals surface area contributed by atoms with Crippen LogP contribution in [0.5, 0.6) is 5.75 Å². The molecule has 0 fully saturated rings. The smallest absolute Gasteiger partial charge is 0.142 e. The monoisotopic (exact) mass is 271 g/mol. The number of halogens is 1. The van der Waals surface area contributed by atoms with Crippen molar-refractivity contribution in [2.45, 2.75) is 20.1 Å². The van der Waals surface area contributed by atoms with Crippen LogP contribution in [-0.2, 0) is 13.2 Å². The minimum atomic E-state index is -0.404. The third-order valence-electron chi connectivity index (χ3n) is 2.82. The van der Waals surface area contributed by atoms with E-state index >= 15 is 0 Å². The third-order valence-corrected chi connectivity index (χ3v) is 2.82. The summed E-state index contributed by atoms with van der Waals surface area (Å²) in [6.45, 7) is 2.13. The van der Waals surface area contributed by atoms with E-state index in [0.29, 0.717) is 22.6 Å². The molecule has 1 heterocycles. The second-order valence-electron chi connectivity index (χ2n) is 4.31. The van der Waals surface area contributed by atoms with Gasteiger partial charge in [-0.15, -0.1) is 0 Å². The molecular formula is C15H14FN3O. The first-order valence-electron chi connectivity index (χ1n) is 6.12. The molecule has 0 aliphatic rings. The number of aromatic nitrogens is 1. The Hall–Kier alpha value is -2.45. The number of nitrogens with two attached hydrogens (primary N) is 1.